The van der Waals surface area contributed by atoms with Crippen LogP contribution in [0, 0.1) is 22.7 Å². The zero-order chi connectivity index (χ0) is 8.43. The van der Waals surface area contributed by atoms with Gasteiger partial charge in [0.2, 0.25) is 0 Å². The van der Waals surface area contributed by atoms with Crippen molar-refractivity contribution >= 4 is 43.2 Å². The third-order valence-corrected chi connectivity index (χ3v) is 3.58. The number of hydrogen-bond donors (Lipinski definition) is 0. The molecule has 0 aliphatic carbocycles. The third kappa shape index (κ3) is 1.46. The van der Waals surface area contributed by atoms with Gasteiger partial charge in [0.1, 0.15) is 12.1 Å². The molecule has 54 valence electrons. The van der Waals surface area contributed by atoms with Crippen molar-refractivity contribution in [3.8, 4) is 12.1 Å². The summed E-state index contributed by atoms with van der Waals surface area (Å²) >= 11 is 7.70. The fraction of sp³-hybridized carbons (Fsp3) is 0. The van der Waals surface area contributed by atoms with Crippen molar-refractivity contribution in [1.82, 2.24) is 0 Å². The lowest BCUT2D eigenvalue weighted by atomic mass is 10.2. The molecule has 0 bridgehead atoms. The van der Waals surface area contributed by atoms with Gasteiger partial charge in [-0.2, -0.15) is 10.5 Å². The fourth-order valence-corrected chi connectivity index (χ4v) is 3.43. The predicted octanol–water partition coefficient (Wildman–Crippen LogP) is 3.02. The average Bonchev–Trinajstić information content (AvgIpc) is 2.24. The largest absolute Gasteiger partial charge is 0.192 e. The van der Waals surface area contributed by atoms with Crippen molar-refractivity contribution in [2.24, 2.45) is 0 Å². The van der Waals surface area contributed by atoms with Crippen LogP contribution in [0.4, 0.5) is 0 Å². The van der Waals surface area contributed by atoms with Gasteiger partial charge in [-0.25, -0.2) is 0 Å². The van der Waals surface area contributed by atoms with Gasteiger partial charge in [0, 0.05) is 0 Å². The van der Waals surface area contributed by atoms with Crippen molar-refractivity contribution in [1.29, 1.82) is 10.5 Å². The van der Waals surface area contributed by atoms with E-state index in [1.54, 1.807) is 0 Å². The molecule has 1 heterocycles. The lowest BCUT2D eigenvalue weighted by Gasteiger charge is -1.81. The Labute approximate surface area is 84.3 Å². The third-order valence-electron chi connectivity index (χ3n) is 1.05. The van der Waals surface area contributed by atoms with E-state index in [1.165, 1.54) is 11.3 Å². The van der Waals surface area contributed by atoms with Crippen LogP contribution < -0.4 is 0 Å². The average molecular weight is 292 g/mol. The first-order chi connectivity index (χ1) is 5.20. The van der Waals surface area contributed by atoms with Gasteiger partial charge >= 0.3 is 0 Å². The SMILES string of the molecule is N#Cc1c(Br)sc(Br)c1C#N. The van der Waals surface area contributed by atoms with E-state index in [-0.39, 0.29) is 0 Å². The van der Waals surface area contributed by atoms with E-state index in [9.17, 15) is 0 Å². The van der Waals surface area contributed by atoms with E-state index in [0.717, 1.165) is 0 Å². The van der Waals surface area contributed by atoms with Gasteiger partial charge < -0.3 is 0 Å². The Morgan fingerprint density at radius 3 is 1.64 bits per heavy atom. The molecule has 0 aliphatic heterocycles. The van der Waals surface area contributed by atoms with Gasteiger partial charge in [-0.1, -0.05) is 0 Å². The molecule has 0 fully saturated rings. The Hall–Kier alpha value is -0.360. The molecule has 1 rings (SSSR count). The minimum Gasteiger partial charge on any atom is -0.192 e. The molecule has 0 aromatic carbocycles. The predicted molar refractivity (Wildman–Crippen MR) is 49.1 cm³/mol. The summed E-state index contributed by atoms with van der Waals surface area (Å²) in [5, 5.41) is 17.2. The van der Waals surface area contributed by atoms with Crippen LogP contribution in [0.5, 0.6) is 0 Å². The second-order valence-corrected chi connectivity index (χ2v) is 5.28. The van der Waals surface area contributed by atoms with E-state index in [1.807, 2.05) is 12.1 Å². The first-order valence-corrected chi connectivity index (χ1v) is 4.89. The van der Waals surface area contributed by atoms with Gasteiger partial charge in [-0.3, -0.25) is 0 Å². The van der Waals surface area contributed by atoms with Crippen LogP contribution in [0.3, 0.4) is 0 Å². The van der Waals surface area contributed by atoms with Crippen LogP contribution in [0.1, 0.15) is 11.1 Å². The summed E-state index contributed by atoms with van der Waals surface area (Å²) in [6.07, 6.45) is 0. The summed E-state index contributed by atoms with van der Waals surface area (Å²) in [4.78, 5) is 0. The van der Waals surface area contributed by atoms with Crippen molar-refractivity contribution < 1.29 is 0 Å². The zero-order valence-corrected chi connectivity index (χ0v) is 9.05. The maximum atomic E-state index is 8.60. The molecule has 0 radical (unpaired) electrons. The molecule has 0 N–H and O–H groups in total. The van der Waals surface area contributed by atoms with E-state index < -0.39 is 0 Å². The van der Waals surface area contributed by atoms with Gasteiger partial charge in [-0.15, -0.1) is 11.3 Å². The summed E-state index contributed by atoms with van der Waals surface area (Å²) in [6.45, 7) is 0. The number of nitrogens with zero attached hydrogens (tertiary/aromatic N) is 2. The minimum atomic E-state index is 0.407. The standard InChI is InChI=1S/C6Br2N2S/c7-5-3(1-9)4(2-10)6(8)11-5. The van der Waals surface area contributed by atoms with Crippen LogP contribution in [0.25, 0.3) is 0 Å². The number of halogens is 2. The number of rotatable bonds is 0. The van der Waals surface area contributed by atoms with Crippen molar-refractivity contribution in [3.63, 3.8) is 0 Å². The lowest BCUT2D eigenvalue weighted by molar-refractivity contribution is 1.45. The second-order valence-electron chi connectivity index (χ2n) is 1.62. The molecular formula is C6Br2N2S. The minimum absolute atomic E-state index is 0.407. The molecule has 11 heavy (non-hydrogen) atoms. The Bertz CT molecular complexity index is 335. The maximum absolute atomic E-state index is 8.60. The molecule has 1 aromatic rings. The molecule has 5 heteroatoms. The van der Waals surface area contributed by atoms with E-state index in [4.69, 9.17) is 10.5 Å². The highest BCUT2D eigenvalue weighted by Crippen LogP contribution is 2.35. The summed E-state index contributed by atoms with van der Waals surface area (Å²) in [6, 6.07) is 3.89. The fourth-order valence-electron chi connectivity index (χ4n) is 0.577. The molecular weight excluding hydrogens is 292 g/mol. The van der Waals surface area contributed by atoms with Gasteiger partial charge in [0.05, 0.1) is 18.7 Å². The first-order valence-electron chi connectivity index (χ1n) is 2.48. The quantitative estimate of drug-likeness (QED) is 0.738. The second kappa shape index (κ2) is 3.36. The van der Waals surface area contributed by atoms with Crippen LogP contribution >= 0.6 is 43.2 Å². The van der Waals surface area contributed by atoms with Crippen LogP contribution in [-0.4, -0.2) is 0 Å². The summed E-state index contributed by atoms with van der Waals surface area (Å²) in [5.41, 5.74) is 0.814. The van der Waals surface area contributed by atoms with E-state index in [0.29, 0.717) is 18.7 Å². The van der Waals surface area contributed by atoms with Gasteiger partial charge in [0.15, 0.2) is 0 Å². The maximum Gasteiger partial charge on any atom is 0.103 e. The number of thiophene rings is 1. The van der Waals surface area contributed by atoms with Crippen LogP contribution in [-0.2, 0) is 0 Å². The van der Waals surface area contributed by atoms with Crippen molar-refractivity contribution in [2.75, 3.05) is 0 Å². The van der Waals surface area contributed by atoms with Crippen LogP contribution in [0.15, 0.2) is 7.57 Å². The summed E-state index contributed by atoms with van der Waals surface area (Å²) < 4.78 is 1.40. The highest BCUT2D eigenvalue weighted by molar-refractivity contribution is 9.12. The number of nitriles is 2. The van der Waals surface area contributed by atoms with Crippen molar-refractivity contribution in [2.45, 2.75) is 0 Å². The molecule has 1 aromatic heterocycles. The highest BCUT2D eigenvalue weighted by Gasteiger charge is 2.13. The summed E-state index contributed by atoms with van der Waals surface area (Å²) in [5.74, 6) is 0. The Morgan fingerprint density at radius 1 is 1.00 bits per heavy atom. The molecule has 2 nitrogen and oxygen atoms in total. The van der Waals surface area contributed by atoms with Gasteiger partial charge in [-0.05, 0) is 31.9 Å². The van der Waals surface area contributed by atoms with E-state index >= 15 is 0 Å². The topological polar surface area (TPSA) is 47.6 Å². The molecule has 0 amide bonds. The molecule has 0 atom stereocenters. The normalized spacial score (nSPS) is 8.73. The Morgan fingerprint density at radius 2 is 1.36 bits per heavy atom. The Kier molecular flexibility index (Phi) is 2.67. The van der Waals surface area contributed by atoms with Crippen molar-refractivity contribution in [3.05, 3.63) is 18.7 Å². The highest BCUT2D eigenvalue weighted by atomic mass is 79.9. The Balaban J connectivity index is 3.47. The van der Waals surface area contributed by atoms with Gasteiger partial charge in [0.25, 0.3) is 0 Å². The molecule has 0 aliphatic rings. The van der Waals surface area contributed by atoms with Crippen LogP contribution in [0.2, 0.25) is 0 Å². The zero-order valence-electron chi connectivity index (χ0n) is 5.06. The molecule has 0 spiro atoms. The summed E-state index contributed by atoms with van der Waals surface area (Å²) in [7, 11) is 0. The smallest absolute Gasteiger partial charge is 0.103 e. The monoisotopic (exact) mass is 290 g/mol. The lowest BCUT2D eigenvalue weighted by Crippen LogP contribution is -1.75. The first kappa shape index (κ1) is 8.73. The van der Waals surface area contributed by atoms with E-state index in [2.05, 4.69) is 31.9 Å². The molecule has 0 unspecified atom stereocenters. The molecule has 0 saturated carbocycles. The number of hydrogen-bond acceptors (Lipinski definition) is 3. The molecule has 0 saturated heterocycles.